The molecule has 110 valence electrons. The van der Waals surface area contributed by atoms with Gasteiger partial charge in [0, 0.05) is 19.6 Å². The maximum Gasteiger partial charge on any atom is 0.0916 e. The minimum absolute atomic E-state index is 1.21. The predicted molar refractivity (Wildman–Crippen MR) is 83.3 cm³/mol. The van der Waals surface area contributed by atoms with Crippen molar-refractivity contribution in [3.05, 3.63) is 12.7 Å². The fourth-order valence-electron chi connectivity index (χ4n) is 3.69. The van der Waals surface area contributed by atoms with Crippen LogP contribution in [0.1, 0.15) is 51.4 Å². The van der Waals surface area contributed by atoms with Crippen LogP contribution in [0.5, 0.6) is 0 Å². The van der Waals surface area contributed by atoms with Crippen molar-refractivity contribution in [1.82, 2.24) is 4.90 Å². The molecule has 0 aromatic carbocycles. The number of quaternary nitrogens is 1. The SMILES string of the molecule is C=CCCCCCCCCC[N+]12CCN(CC1)CC2. The second kappa shape index (κ2) is 8.06. The summed E-state index contributed by atoms with van der Waals surface area (Å²) in [7, 11) is 0. The van der Waals surface area contributed by atoms with Gasteiger partial charge in [0.15, 0.2) is 0 Å². The Kier molecular flexibility index (Phi) is 6.39. The molecule has 0 unspecified atom stereocenters. The van der Waals surface area contributed by atoms with Gasteiger partial charge >= 0.3 is 0 Å². The van der Waals surface area contributed by atoms with E-state index >= 15 is 0 Å². The lowest BCUT2D eigenvalue weighted by molar-refractivity contribution is -0.941. The van der Waals surface area contributed by atoms with Crippen LogP contribution in [-0.2, 0) is 0 Å². The van der Waals surface area contributed by atoms with E-state index in [1.807, 2.05) is 6.08 Å². The van der Waals surface area contributed by atoms with Crippen molar-refractivity contribution in [2.45, 2.75) is 51.4 Å². The smallest absolute Gasteiger partial charge is 0.0916 e. The Labute approximate surface area is 120 Å². The van der Waals surface area contributed by atoms with Gasteiger partial charge in [0.25, 0.3) is 0 Å². The van der Waals surface area contributed by atoms with E-state index < -0.39 is 0 Å². The molecule has 0 atom stereocenters. The summed E-state index contributed by atoms with van der Waals surface area (Å²) in [4.78, 5) is 2.64. The van der Waals surface area contributed by atoms with Gasteiger partial charge in [-0.15, -0.1) is 6.58 Å². The molecule has 0 amide bonds. The molecular formula is C17H33N2+. The van der Waals surface area contributed by atoms with Gasteiger partial charge in [-0.05, 0) is 25.7 Å². The zero-order valence-corrected chi connectivity index (χ0v) is 12.8. The molecule has 2 bridgehead atoms. The first-order chi connectivity index (χ1) is 9.35. The average molecular weight is 265 g/mol. The first-order valence-electron chi connectivity index (χ1n) is 8.53. The lowest BCUT2D eigenvalue weighted by atomic mass is 10.1. The molecule has 2 nitrogen and oxygen atoms in total. The molecule has 3 aliphatic heterocycles. The standard InChI is InChI=1S/C17H33N2/c1-2-3-4-5-6-7-8-9-10-14-19-15-11-18(12-16-19)13-17-19/h2H,1,3-17H2/q+1. The van der Waals surface area contributed by atoms with Crippen LogP contribution in [0.2, 0.25) is 0 Å². The zero-order chi connectivity index (χ0) is 13.4. The van der Waals surface area contributed by atoms with Crippen molar-refractivity contribution in [2.24, 2.45) is 0 Å². The highest BCUT2D eigenvalue weighted by Crippen LogP contribution is 2.21. The molecule has 0 aliphatic carbocycles. The number of fused-ring (bicyclic) bond motifs is 3. The van der Waals surface area contributed by atoms with Gasteiger partial charge in [-0.1, -0.05) is 31.8 Å². The number of rotatable bonds is 10. The molecule has 19 heavy (non-hydrogen) atoms. The van der Waals surface area contributed by atoms with Crippen LogP contribution in [0.3, 0.4) is 0 Å². The van der Waals surface area contributed by atoms with Crippen LogP contribution in [0.15, 0.2) is 12.7 Å². The highest BCUT2D eigenvalue weighted by Gasteiger charge is 2.37. The van der Waals surface area contributed by atoms with Crippen molar-refractivity contribution < 1.29 is 4.48 Å². The Morgan fingerprint density at radius 3 is 1.89 bits per heavy atom. The second-order valence-electron chi connectivity index (χ2n) is 6.63. The quantitative estimate of drug-likeness (QED) is 0.332. The summed E-state index contributed by atoms with van der Waals surface area (Å²) in [6, 6.07) is 0. The van der Waals surface area contributed by atoms with Crippen molar-refractivity contribution in [3.8, 4) is 0 Å². The number of piperazine rings is 3. The van der Waals surface area contributed by atoms with Crippen LogP contribution in [0.4, 0.5) is 0 Å². The Morgan fingerprint density at radius 2 is 1.32 bits per heavy atom. The topological polar surface area (TPSA) is 3.24 Å². The minimum Gasteiger partial charge on any atom is -0.320 e. The van der Waals surface area contributed by atoms with Gasteiger partial charge in [0.1, 0.15) is 0 Å². The Morgan fingerprint density at radius 1 is 0.789 bits per heavy atom. The van der Waals surface area contributed by atoms with Crippen molar-refractivity contribution >= 4 is 0 Å². The van der Waals surface area contributed by atoms with Crippen LogP contribution < -0.4 is 0 Å². The van der Waals surface area contributed by atoms with Gasteiger partial charge in [-0.25, -0.2) is 0 Å². The van der Waals surface area contributed by atoms with E-state index in [9.17, 15) is 0 Å². The fraction of sp³-hybridized carbons (Fsp3) is 0.882. The first kappa shape index (κ1) is 15.1. The lowest BCUT2D eigenvalue weighted by Crippen LogP contribution is -2.67. The molecule has 3 heterocycles. The van der Waals surface area contributed by atoms with Crippen LogP contribution in [-0.4, -0.2) is 55.2 Å². The number of nitrogens with zero attached hydrogens (tertiary/aromatic N) is 2. The third-order valence-corrected chi connectivity index (χ3v) is 5.21. The molecule has 2 heteroatoms. The number of hydrogen-bond donors (Lipinski definition) is 0. The van der Waals surface area contributed by atoms with Gasteiger partial charge in [-0.3, -0.25) is 4.90 Å². The molecule has 3 aliphatic rings. The number of allylic oxidation sites excluding steroid dienone is 1. The largest absolute Gasteiger partial charge is 0.320 e. The van der Waals surface area contributed by atoms with E-state index in [1.165, 1.54) is 102 Å². The molecular weight excluding hydrogens is 232 g/mol. The van der Waals surface area contributed by atoms with Crippen LogP contribution >= 0.6 is 0 Å². The highest BCUT2D eigenvalue weighted by molar-refractivity contribution is 4.70. The molecule has 0 saturated carbocycles. The third kappa shape index (κ3) is 4.92. The van der Waals surface area contributed by atoms with E-state index in [2.05, 4.69) is 11.5 Å². The molecule has 3 fully saturated rings. The Bertz CT molecular complexity index is 240. The summed E-state index contributed by atoms with van der Waals surface area (Å²) in [5.41, 5.74) is 0. The summed E-state index contributed by atoms with van der Waals surface area (Å²) in [5.74, 6) is 0. The first-order valence-corrected chi connectivity index (χ1v) is 8.53. The van der Waals surface area contributed by atoms with E-state index in [0.717, 1.165) is 0 Å². The van der Waals surface area contributed by atoms with E-state index in [-0.39, 0.29) is 0 Å². The summed E-state index contributed by atoms with van der Waals surface area (Å²) in [6.07, 6.45) is 13.3. The van der Waals surface area contributed by atoms with E-state index in [4.69, 9.17) is 0 Å². The Hall–Kier alpha value is -0.340. The van der Waals surface area contributed by atoms with Crippen LogP contribution in [0.25, 0.3) is 0 Å². The predicted octanol–water partition coefficient (Wildman–Crippen LogP) is 3.44. The normalized spacial score (nSPS) is 29.6. The maximum absolute atomic E-state index is 3.78. The van der Waals surface area contributed by atoms with Gasteiger partial charge < -0.3 is 4.48 Å². The van der Waals surface area contributed by atoms with Crippen LogP contribution in [0, 0.1) is 0 Å². The monoisotopic (exact) mass is 265 g/mol. The van der Waals surface area contributed by atoms with Gasteiger partial charge in [0.2, 0.25) is 0 Å². The third-order valence-electron chi connectivity index (χ3n) is 5.21. The van der Waals surface area contributed by atoms with Gasteiger partial charge in [0.05, 0.1) is 26.2 Å². The van der Waals surface area contributed by atoms with E-state index in [1.54, 1.807) is 0 Å². The number of hydrogen-bond acceptors (Lipinski definition) is 1. The molecule has 3 saturated heterocycles. The molecule has 0 N–H and O–H groups in total. The molecule has 0 spiro atoms. The zero-order valence-electron chi connectivity index (χ0n) is 12.8. The second-order valence-corrected chi connectivity index (χ2v) is 6.63. The lowest BCUT2D eigenvalue weighted by Gasteiger charge is -2.50. The molecule has 0 radical (unpaired) electrons. The Balaban J connectivity index is 1.44. The van der Waals surface area contributed by atoms with E-state index in [0.29, 0.717) is 0 Å². The summed E-state index contributed by atoms with van der Waals surface area (Å²) in [5, 5.41) is 0. The summed E-state index contributed by atoms with van der Waals surface area (Å²) < 4.78 is 1.45. The number of unbranched alkanes of at least 4 members (excludes halogenated alkanes) is 7. The molecule has 3 rings (SSSR count). The minimum atomic E-state index is 1.21. The average Bonchev–Trinajstić information content (AvgIpc) is 2.47. The molecule has 0 aromatic rings. The highest BCUT2D eigenvalue weighted by atomic mass is 15.4. The fourth-order valence-corrected chi connectivity index (χ4v) is 3.69. The van der Waals surface area contributed by atoms with Gasteiger partial charge in [-0.2, -0.15) is 0 Å². The summed E-state index contributed by atoms with van der Waals surface area (Å²) in [6.45, 7) is 13.6. The van der Waals surface area contributed by atoms with Crippen molar-refractivity contribution in [3.63, 3.8) is 0 Å². The van der Waals surface area contributed by atoms with Crippen molar-refractivity contribution in [2.75, 3.05) is 45.8 Å². The molecule has 0 aromatic heterocycles. The maximum atomic E-state index is 3.78. The summed E-state index contributed by atoms with van der Waals surface area (Å²) >= 11 is 0. The van der Waals surface area contributed by atoms with Crippen molar-refractivity contribution in [1.29, 1.82) is 0 Å².